The van der Waals surface area contributed by atoms with E-state index in [9.17, 15) is 0 Å². The van der Waals surface area contributed by atoms with Gasteiger partial charge < -0.3 is 14.8 Å². The van der Waals surface area contributed by atoms with Crippen LogP contribution in [0.2, 0.25) is 0 Å². The van der Waals surface area contributed by atoms with Gasteiger partial charge in [-0.05, 0) is 37.1 Å². The van der Waals surface area contributed by atoms with E-state index in [1.165, 1.54) is 18.5 Å². The van der Waals surface area contributed by atoms with Crippen molar-refractivity contribution in [3.8, 4) is 5.69 Å². The van der Waals surface area contributed by atoms with Crippen LogP contribution < -0.4 is 10.2 Å². The first-order valence-corrected chi connectivity index (χ1v) is 10.5. The summed E-state index contributed by atoms with van der Waals surface area (Å²) in [5.41, 5.74) is 2.40. The zero-order valence-corrected chi connectivity index (χ0v) is 16.5. The number of rotatable bonds is 7. The minimum atomic E-state index is 0.609. The number of benzene rings is 1. The number of anilines is 1. The number of aryl methyl sites for hydroxylation is 1. The highest BCUT2D eigenvalue weighted by Crippen LogP contribution is 2.22. The molecule has 1 fully saturated rings. The molecule has 0 bridgehead atoms. The molecule has 0 unspecified atom stereocenters. The predicted molar refractivity (Wildman–Crippen MR) is 111 cm³/mol. The highest BCUT2D eigenvalue weighted by molar-refractivity contribution is 7.99. The van der Waals surface area contributed by atoms with Gasteiger partial charge in [0.25, 0.3) is 0 Å². The Labute approximate surface area is 164 Å². The molecule has 3 heterocycles. The molecule has 0 radical (unpaired) electrons. The Morgan fingerprint density at radius 1 is 1.11 bits per heavy atom. The second-order valence-electron chi connectivity index (χ2n) is 6.86. The van der Waals surface area contributed by atoms with Crippen LogP contribution in [-0.4, -0.2) is 50.8 Å². The lowest BCUT2D eigenvalue weighted by atomic mass is 10.0. The summed E-state index contributed by atoms with van der Waals surface area (Å²) in [5.74, 6) is 1.05. The predicted octanol–water partition coefficient (Wildman–Crippen LogP) is 2.96. The van der Waals surface area contributed by atoms with Crippen LogP contribution in [0.15, 0.2) is 60.3 Å². The Morgan fingerprint density at radius 2 is 1.96 bits per heavy atom. The van der Waals surface area contributed by atoms with Crippen LogP contribution in [0.3, 0.4) is 0 Å². The lowest BCUT2D eigenvalue weighted by Crippen LogP contribution is -2.43. The van der Waals surface area contributed by atoms with E-state index in [0.29, 0.717) is 6.04 Å². The number of piperidine rings is 1. The summed E-state index contributed by atoms with van der Waals surface area (Å²) < 4.78 is 3.98. The number of aromatic nitrogens is 4. The third-order valence-electron chi connectivity index (χ3n) is 5.00. The smallest absolute Gasteiger partial charge is 0.167 e. The van der Waals surface area contributed by atoms with Gasteiger partial charge in [-0.25, -0.2) is 9.67 Å². The average Bonchev–Trinajstić information content (AvgIpc) is 3.38. The Kier molecular flexibility index (Phi) is 5.79. The molecule has 142 valence electrons. The van der Waals surface area contributed by atoms with E-state index in [2.05, 4.69) is 49.1 Å². The van der Waals surface area contributed by atoms with Crippen LogP contribution in [0.1, 0.15) is 12.8 Å². The zero-order valence-electron chi connectivity index (χ0n) is 15.7. The molecule has 3 aromatic rings. The van der Waals surface area contributed by atoms with Gasteiger partial charge in [-0.1, -0.05) is 17.8 Å². The minimum Gasteiger partial charge on any atom is -0.371 e. The van der Waals surface area contributed by atoms with Crippen molar-refractivity contribution in [2.24, 2.45) is 7.05 Å². The molecule has 2 aromatic heterocycles. The van der Waals surface area contributed by atoms with Crippen LogP contribution in [0.4, 0.5) is 5.69 Å². The van der Waals surface area contributed by atoms with Crippen LogP contribution in [0, 0.1) is 0 Å². The number of hydrogen-bond acceptors (Lipinski definition) is 5. The Bertz CT molecular complexity index is 836. The van der Waals surface area contributed by atoms with Crippen LogP contribution >= 0.6 is 11.8 Å². The Morgan fingerprint density at radius 3 is 2.70 bits per heavy atom. The monoisotopic (exact) mass is 382 g/mol. The molecule has 1 aliphatic rings. The van der Waals surface area contributed by atoms with Crippen LogP contribution in [0.25, 0.3) is 5.69 Å². The van der Waals surface area contributed by atoms with Crippen molar-refractivity contribution in [2.75, 3.05) is 30.3 Å². The van der Waals surface area contributed by atoms with Gasteiger partial charge in [0, 0.05) is 69.0 Å². The molecule has 1 saturated heterocycles. The van der Waals surface area contributed by atoms with Gasteiger partial charge in [-0.2, -0.15) is 5.10 Å². The fourth-order valence-corrected chi connectivity index (χ4v) is 4.29. The fourth-order valence-electron chi connectivity index (χ4n) is 3.49. The van der Waals surface area contributed by atoms with E-state index in [4.69, 9.17) is 0 Å². The summed E-state index contributed by atoms with van der Waals surface area (Å²) in [6, 6.07) is 11.2. The van der Waals surface area contributed by atoms with Crippen LogP contribution in [0.5, 0.6) is 0 Å². The van der Waals surface area contributed by atoms with Gasteiger partial charge >= 0.3 is 0 Å². The normalized spacial score (nSPS) is 15.4. The maximum atomic E-state index is 4.35. The summed E-state index contributed by atoms with van der Waals surface area (Å²) >= 11 is 1.81. The largest absolute Gasteiger partial charge is 0.371 e. The van der Waals surface area contributed by atoms with Gasteiger partial charge in [0.2, 0.25) is 0 Å². The van der Waals surface area contributed by atoms with E-state index in [0.717, 1.165) is 36.2 Å². The van der Waals surface area contributed by atoms with Gasteiger partial charge in [0.05, 0.1) is 5.69 Å². The first-order valence-electron chi connectivity index (χ1n) is 9.48. The highest BCUT2D eigenvalue weighted by atomic mass is 32.2. The molecule has 1 aliphatic heterocycles. The maximum absolute atomic E-state index is 4.35. The van der Waals surface area contributed by atoms with Gasteiger partial charge in [-0.3, -0.25) is 0 Å². The van der Waals surface area contributed by atoms with Gasteiger partial charge in [0.15, 0.2) is 5.16 Å². The number of nitrogens with zero attached hydrogens (tertiary/aromatic N) is 5. The summed E-state index contributed by atoms with van der Waals surface area (Å²) in [4.78, 5) is 6.83. The minimum absolute atomic E-state index is 0.609. The zero-order chi connectivity index (χ0) is 18.5. The third kappa shape index (κ3) is 4.54. The van der Waals surface area contributed by atoms with Gasteiger partial charge in [-0.15, -0.1) is 0 Å². The molecular weight excluding hydrogens is 356 g/mol. The van der Waals surface area contributed by atoms with Crippen molar-refractivity contribution < 1.29 is 0 Å². The number of thioether (sulfide) groups is 1. The standard InChI is InChI=1S/C20H26N6S/c1-24-14-9-22-20(24)27-15-10-21-17-6-12-25(13-7-17)18-4-2-5-19(16-18)26-11-3-8-23-26/h2-5,8-9,11,14,16-17,21H,6-7,10,12-13,15H2,1H3. The fraction of sp³-hybridized carbons (Fsp3) is 0.400. The summed E-state index contributed by atoms with van der Waals surface area (Å²) in [5, 5.41) is 9.13. The first-order chi connectivity index (χ1) is 13.3. The molecule has 4 rings (SSSR count). The van der Waals surface area contributed by atoms with E-state index in [1.54, 1.807) is 0 Å². The van der Waals surface area contributed by atoms with Crippen molar-refractivity contribution in [1.82, 2.24) is 24.6 Å². The van der Waals surface area contributed by atoms with E-state index >= 15 is 0 Å². The molecule has 6 nitrogen and oxygen atoms in total. The summed E-state index contributed by atoms with van der Waals surface area (Å²) in [6.45, 7) is 3.20. The van der Waals surface area contributed by atoms with E-state index in [-0.39, 0.29) is 0 Å². The molecule has 0 amide bonds. The number of hydrogen-bond donors (Lipinski definition) is 1. The topological polar surface area (TPSA) is 50.9 Å². The molecular formula is C20H26N6S. The first kappa shape index (κ1) is 18.1. The highest BCUT2D eigenvalue weighted by Gasteiger charge is 2.19. The van der Waals surface area contributed by atoms with E-state index in [1.807, 2.05) is 54.3 Å². The Hall–Kier alpha value is -2.25. The molecule has 0 atom stereocenters. The molecule has 0 spiro atoms. The SMILES string of the molecule is Cn1ccnc1SCCNC1CCN(c2cccc(-n3cccn3)c2)CC1. The molecule has 7 heteroatoms. The van der Waals surface area contributed by atoms with Gasteiger partial charge in [0.1, 0.15) is 0 Å². The van der Waals surface area contributed by atoms with Crippen LogP contribution in [-0.2, 0) is 7.05 Å². The molecule has 27 heavy (non-hydrogen) atoms. The van der Waals surface area contributed by atoms with Crippen molar-refractivity contribution in [1.29, 1.82) is 0 Å². The number of nitrogens with one attached hydrogen (secondary N) is 1. The van der Waals surface area contributed by atoms with Crippen molar-refractivity contribution in [3.63, 3.8) is 0 Å². The van der Waals surface area contributed by atoms with Crippen molar-refractivity contribution >= 4 is 17.4 Å². The summed E-state index contributed by atoms with van der Waals surface area (Å²) in [6.07, 6.45) is 10.0. The second kappa shape index (κ2) is 8.63. The number of imidazole rings is 1. The maximum Gasteiger partial charge on any atom is 0.167 e. The third-order valence-corrected chi connectivity index (χ3v) is 6.06. The molecule has 1 N–H and O–H groups in total. The average molecular weight is 383 g/mol. The quantitative estimate of drug-likeness (QED) is 0.503. The Balaban J connectivity index is 1.23. The molecule has 1 aromatic carbocycles. The second-order valence-corrected chi connectivity index (χ2v) is 7.92. The summed E-state index contributed by atoms with van der Waals surface area (Å²) in [7, 11) is 2.04. The lowest BCUT2D eigenvalue weighted by Gasteiger charge is -2.34. The molecule has 0 saturated carbocycles. The van der Waals surface area contributed by atoms with Crippen molar-refractivity contribution in [3.05, 3.63) is 55.1 Å². The van der Waals surface area contributed by atoms with E-state index < -0.39 is 0 Å². The lowest BCUT2D eigenvalue weighted by molar-refractivity contribution is 0.425. The molecule has 0 aliphatic carbocycles. The van der Waals surface area contributed by atoms with Crippen molar-refractivity contribution in [2.45, 2.75) is 24.0 Å².